The maximum absolute atomic E-state index is 12.2. The smallest absolute Gasteiger partial charge is 0.343 e. The molecule has 0 atom stereocenters. The molecule has 0 aliphatic heterocycles. The third-order valence-electron chi connectivity index (χ3n) is 4.07. The van der Waals surface area contributed by atoms with Crippen molar-refractivity contribution in [2.75, 3.05) is 12.4 Å². The number of hydrogen-bond acceptors (Lipinski definition) is 5. The molecular formula is C23H21N3O3S. The van der Waals surface area contributed by atoms with Gasteiger partial charge in [-0.05, 0) is 90.9 Å². The maximum Gasteiger partial charge on any atom is 0.343 e. The molecule has 0 fully saturated rings. The van der Waals surface area contributed by atoms with E-state index < -0.39 is 5.97 Å². The molecule has 3 aromatic carbocycles. The van der Waals surface area contributed by atoms with Crippen molar-refractivity contribution in [2.24, 2.45) is 5.10 Å². The van der Waals surface area contributed by atoms with Gasteiger partial charge in [0, 0.05) is 5.69 Å². The van der Waals surface area contributed by atoms with Gasteiger partial charge in [-0.25, -0.2) is 4.79 Å². The number of methoxy groups -OCH3 is 1. The fraction of sp³-hybridized carbons (Fsp3) is 0.0870. The van der Waals surface area contributed by atoms with Crippen molar-refractivity contribution in [2.45, 2.75) is 6.92 Å². The second-order valence-corrected chi connectivity index (χ2v) is 6.79. The van der Waals surface area contributed by atoms with Gasteiger partial charge in [0.05, 0.1) is 18.9 Å². The number of anilines is 1. The van der Waals surface area contributed by atoms with E-state index in [1.807, 2.05) is 31.2 Å². The minimum Gasteiger partial charge on any atom is -0.497 e. The highest BCUT2D eigenvalue weighted by Gasteiger charge is 2.08. The Balaban J connectivity index is 1.51. The van der Waals surface area contributed by atoms with Gasteiger partial charge in [-0.15, -0.1) is 0 Å². The number of benzene rings is 3. The van der Waals surface area contributed by atoms with Crippen LogP contribution < -0.4 is 20.2 Å². The first-order valence-electron chi connectivity index (χ1n) is 9.16. The molecule has 7 heteroatoms. The lowest BCUT2D eigenvalue weighted by molar-refractivity contribution is 0.0734. The summed E-state index contributed by atoms with van der Waals surface area (Å²) in [5, 5.41) is 7.57. The van der Waals surface area contributed by atoms with Crippen LogP contribution >= 0.6 is 12.2 Å². The largest absolute Gasteiger partial charge is 0.497 e. The predicted octanol–water partition coefficient (Wildman–Crippen LogP) is 4.54. The van der Waals surface area contributed by atoms with Crippen molar-refractivity contribution in [1.29, 1.82) is 0 Å². The van der Waals surface area contributed by atoms with Crippen molar-refractivity contribution >= 4 is 35.2 Å². The Morgan fingerprint density at radius 2 is 1.70 bits per heavy atom. The van der Waals surface area contributed by atoms with Gasteiger partial charge in [0.15, 0.2) is 5.11 Å². The first kappa shape index (κ1) is 21.0. The number of esters is 1. The summed E-state index contributed by atoms with van der Waals surface area (Å²) < 4.78 is 10.5. The molecule has 152 valence electrons. The average molecular weight is 420 g/mol. The fourth-order valence-corrected chi connectivity index (χ4v) is 2.73. The van der Waals surface area contributed by atoms with E-state index in [-0.39, 0.29) is 0 Å². The van der Waals surface area contributed by atoms with Crippen LogP contribution in [0.5, 0.6) is 11.5 Å². The summed E-state index contributed by atoms with van der Waals surface area (Å²) in [5.41, 5.74) is 6.07. The fourth-order valence-electron chi connectivity index (χ4n) is 2.56. The van der Waals surface area contributed by atoms with Crippen LogP contribution in [0.2, 0.25) is 0 Å². The van der Waals surface area contributed by atoms with E-state index in [0.717, 1.165) is 16.8 Å². The van der Waals surface area contributed by atoms with Crippen LogP contribution in [-0.4, -0.2) is 24.4 Å². The topological polar surface area (TPSA) is 72.0 Å². The van der Waals surface area contributed by atoms with E-state index in [4.69, 9.17) is 21.7 Å². The van der Waals surface area contributed by atoms with E-state index in [2.05, 4.69) is 15.8 Å². The molecule has 0 saturated heterocycles. The van der Waals surface area contributed by atoms with Gasteiger partial charge in [0.1, 0.15) is 11.5 Å². The first-order valence-corrected chi connectivity index (χ1v) is 9.57. The number of thiocarbonyl (C=S) groups is 1. The molecule has 0 heterocycles. The monoisotopic (exact) mass is 419 g/mol. The summed E-state index contributed by atoms with van der Waals surface area (Å²) in [6.45, 7) is 2.01. The SMILES string of the molecule is COc1ccc(C(=O)Oc2ccc(/C=N\NC(=S)Nc3cccc(C)c3)cc2)cc1. The standard InChI is InChI=1S/C23H21N3O3S/c1-16-4-3-5-19(14-16)25-23(30)26-24-15-17-6-10-21(11-7-17)29-22(27)18-8-12-20(28-2)13-9-18/h3-15H,1-2H3,(H2,25,26,30)/b24-15-. The zero-order valence-corrected chi connectivity index (χ0v) is 17.4. The number of nitrogens with zero attached hydrogens (tertiary/aromatic N) is 1. The van der Waals surface area contributed by atoms with E-state index in [0.29, 0.717) is 22.2 Å². The first-order chi connectivity index (χ1) is 14.5. The highest BCUT2D eigenvalue weighted by molar-refractivity contribution is 7.80. The van der Waals surface area contributed by atoms with Gasteiger partial charge >= 0.3 is 5.97 Å². The van der Waals surface area contributed by atoms with Crippen molar-refractivity contribution in [3.05, 3.63) is 89.5 Å². The molecule has 0 aliphatic rings. The number of rotatable bonds is 6. The number of hydrazone groups is 1. The Bertz CT molecular complexity index is 1050. The number of nitrogens with one attached hydrogen (secondary N) is 2. The normalized spacial score (nSPS) is 10.5. The Hall–Kier alpha value is -3.71. The maximum atomic E-state index is 12.2. The van der Waals surface area contributed by atoms with Crippen molar-refractivity contribution in [3.8, 4) is 11.5 Å². The molecule has 2 N–H and O–H groups in total. The number of carbonyl (C=O) groups excluding carboxylic acids is 1. The van der Waals surface area contributed by atoms with Crippen LogP contribution in [0.25, 0.3) is 0 Å². The average Bonchev–Trinajstić information content (AvgIpc) is 2.75. The van der Waals surface area contributed by atoms with Crippen LogP contribution in [0, 0.1) is 6.92 Å². The third kappa shape index (κ3) is 6.15. The molecular weight excluding hydrogens is 398 g/mol. The summed E-state index contributed by atoms with van der Waals surface area (Å²) in [6, 6.07) is 21.6. The lowest BCUT2D eigenvalue weighted by Gasteiger charge is -2.07. The van der Waals surface area contributed by atoms with Crippen LogP contribution in [0.15, 0.2) is 77.9 Å². The van der Waals surface area contributed by atoms with Crippen LogP contribution in [0.3, 0.4) is 0 Å². The summed E-state index contributed by atoms with van der Waals surface area (Å²) in [5.74, 6) is 0.684. The van der Waals surface area contributed by atoms with Gasteiger partial charge in [0.2, 0.25) is 0 Å². The Labute approximate surface area is 180 Å². The lowest BCUT2D eigenvalue weighted by Crippen LogP contribution is -2.23. The van der Waals surface area contributed by atoms with Crippen LogP contribution in [-0.2, 0) is 0 Å². The van der Waals surface area contributed by atoms with Crippen LogP contribution in [0.1, 0.15) is 21.5 Å². The third-order valence-corrected chi connectivity index (χ3v) is 4.27. The molecule has 0 amide bonds. The number of ether oxygens (including phenoxy) is 2. The zero-order valence-electron chi connectivity index (χ0n) is 16.6. The molecule has 0 aliphatic carbocycles. The minimum absolute atomic E-state index is 0.391. The molecule has 0 saturated carbocycles. The molecule has 0 spiro atoms. The van der Waals surface area contributed by atoms with Gasteiger partial charge in [-0.1, -0.05) is 12.1 Å². The number of carbonyl (C=O) groups is 1. The van der Waals surface area contributed by atoms with Crippen LogP contribution in [0.4, 0.5) is 5.69 Å². The molecule has 3 aromatic rings. The highest BCUT2D eigenvalue weighted by atomic mass is 32.1. The molecule has 0 radical (unpaired) electrons. The molecule has 30 heavy (non-hydrogen) atoms. The van der Waals surface area contributed by atoms with Gasteiger partial charge in [-0.3, -0.25) is 5.43 Å². The Kier molecular flexibility index (Phi) is 7.13. The molecule has 0 unspecified atom stereocenters. The minimum atomic E-state index is -0.437. The van der Waals surface area contributed by atoms with Crippen molar-refractivity contribution in [1.82, 2.24) is 5.43 Å². The highest BCUT2D eigenvalue weighted by Crippen LogP contribution is 2.16. The molecule has 0 aromatic heterocycles. The Morgan fingerprint density at radius 1 is 1.00 bits per heavy atom. The molecule has 0 bridgehead atoms. The van der Waals surface area contributed by atoms with Gasteiger partial charge in [-0.2, -0.15) is 5.10 Å². The molecule has 3 rings (SSSR count). The van der Waals surface area contributed by atoms with E-state index >= 15 is 0 Å². The van der Waals surface area contributed by atoms with Gasteiger partial charge in [0.25, 0.3) is 0 Å². The summed E-state index contributed by atoms with van der Waals surface area (Å²) in [6.07, 6.45) is 1.62. The number of hydrogen-bond donors (Lipinski definition) is 2. The second kappa shape index (κ2) is 10.2. The van der Waals surface area contributed by atoms with Crippen molar-refractivity contribution < 1.29 is 14.3 Å². The number of aryl methyl sites for hydroxylation is 1. The zero-order chi connectivity index (χ0) is 21.3. The van der Waals surface area contributed by atoms with E-state index in [9.17, 15) is 4.79 Å². The lowest BCUT2D eigenvalue weighted by atomic mass is 10.2. The summed E-state index contributed by atoms with van der Waals surface area (Å²) >= 11 is 5.22. The Morgan fingerprint density at radius 3 is 2.37 bits per heavy atom. The quantitative estimate of drug-likeness (QED) is 0.201. The molecule has 6 nitrogen and oxygen atoms in total. The summed E-state index contributed by atoms with van der Waals surface area (Å²) in [7, 11) is 1.57. The summed E-state index contributed by atoms with van der Waals surface area (Å²) in [4.78, 5) is 12.2. The predicted molar refractivity (Wildman–Crippen MR) is 123 cm³/mol. The second-order valence-electron chi connectivity index (χ2n) is 6.38. The van der Waals surface area contributed by atoms with Gasteiger partial charge < -0.3 is 14.8 Å². The van der Waals surface area contributed by atoms with Crippen molar-refractivity contribution in [3.63, 3.8) is 0 Å². The van der Waals surface area contributed by atoms with E-state index in [1.54, 1.807) is 61.9 Å². The van der Waals surface area contributed by atoms with E-state index in [1.165, 1.54) is 0 Å².